The molecule has 2 aliphatic rings. The van der Waals surface area contributed by atoms with Crippen LogP contribution >= 0.6 is 0 Å². The third kappa shape index (κ3) is 7.45. The van der Waals surface area contributed by atoms with Crippen molar-refractivity contribution >= 4 is 11.9 Å². The number of nitrogens with one attached hydrogen (secondary N) is 2. The molecule has 2 rings (SSSR count). The molecular formula is C25H46N2O4. The van der Waals surface area contributed by atoms with Gasteiger partial charge in [-0.05, 0) is 112 Å². The average molecular weight is 439 g/mol. The highest BCUT2D eigenvalue weighted by atomic mass is 16.4. The number of hydrogen-bond acceptors (Lipinski definition) is 4. The molecule has 4 N–H and O–H groups in total. The van der Waals surface area contributed by atoms with Crippen molar-refractivity contribution < 1.29 is 19.8 Å². The Balaban J connectivity index is 2.27. The summed E-state index contributed by atoms with van der Waals surface area (Å²) in [6.07, 6.45) is 6.10. The molecule has 0 saturated carbocycles. The van der Waals surface area contributed by atoms with Crippen molar-refractivity contribution in [2.24, 2.45) is 23.7 Å². The number of carboxylic acids is 2. The highest BCUT2D eigenvalue weighted by Gasteiger charge is 2.46. The number of carbonyl (C=O) groups is 2. The second kappa shape index (κ2) is 9.01. The molecule has 0 amide bonds. The molecule has 0 bridgehead atoms. The number of carboxylic acid groups (broad SMARTS) is 2. The van der Waals surface area contributed by atoms with Gasteiger partial charge in [-0.1, -0.05) is 6.42 Å². The number of piperidine rings is 2. The highest BCUT2D eigenvalue weighted by molar-refractivity contribution is 5.92. The van der Waals surface area contributed by atoms with Crippen LogP contribution in [-0.4, -0.2) is 44.3 Å². The van der Waals surface area contributed by atoms with Gasteiger partial charge in [-0.2, -0.15) is 0 Å². The van der Waals surface area contributed by atoms with Crippen LogP contribution in [0.25, 0.3) is 0 Å². The monoisotopic (exact) mass is 438 g/mol. The summed E-state index contributed by atoms with van der Waals surface area (Å²) >= 11 is 0. The van der Waals surface area contributed by atoms with E-state index < -0.39 is 17.9 Å². The van der Waals surface area contributed by atoms with Crippen molar-refractivity contribution in [1.82, 2.24) is 10.6 Å². The van der Waals surface area contributed by atoms with Crippen molar-refractivity contribution in [2.45, 2.75) is 122 Å². The molecule has 0 unspecified atom stereocenters. The van der Waals surface area contributed by atoms with Crippen LogP contribution in [0.15, 0.2) is 0 Å². The summed E-state index contributed by atoms with van der Waals surface area (Å²) in [5.74, 6) is -2.22. The molecule has 0 spiro atoms. The Morgan fingerprint density at radius 1 is 0.710 bits per heavy atom. The third-order valence-corrected chi connectivity index (χ3v) is 7.28. The molecule has 2 fully saturated rings. The largest absolute Gasteiger partial charge is 0.481 e. The van der Waals surface area contributed by atoms with E-state index in [4.69, 9.17) is 0 Å². The Morgan fingerprint density at radius 3 is 1.32 bits per heavy atom. The standard InChI is InChI=1S/C25H46N2O4/c1-22(2)12-16(13-23(3,4)26-22)18(10-9-11-19(20(28)29)21(30)31)17-14-24(5,6)27-25(7,8)15-17/h16-19,26-27H,9-15H2,1-8H3,(H,28,29)(H,30,31). The van der Waals surface area contributed by atoms with Gasteiger partial charge in [0.1, 0.15) is 0 Å². The fourth-order valence-electron chi connectivity index (χ4n) is 7.17. The quantitative estimate of drug-likeness (QED) is 0.411. The van der Waals surface area contributed by atoms with Gasteiger partial charge in [0.2, 0.25) is 0 Å². The first-order valence-corrected chi connectivity index (χ1v) is 12.0. The van der Waals surface area contributed by atoms with Gasteiger partial charge in [-0.25, -0.2) is 0 Å². The predicted octanol–water partition coefficient (Wildman–Crippen LogP) is 4.67. The minimum absolute atomic E-state index is 0.0489. The summed E-state index contributed by atoms with van der Waals surface area (Å²) in [6, 6.07) is 0. The molecule has 0 atom stereocenters. The first kappa shape index (κ1) is 26.1. The molecule has 0 aromatic rings. The van der Waals surface area contributed by atoms with Crippen LogP contribution in [0.4, 0.5) is 0 Å². The Labute approximate surface area is 188 Å². The summed E-state index contributed by atoms with van der Waals surface area (Å²) < 4.78 is 0. The van der Waals surface area contributed by atoms with Gasteiger partial charge in [0.05, 0.1) is 0 Å². The summed E-state index contributed by atoms with van der Waals surface area (Å²) in [4.78, 5) is 22.7. The zero-order chi connectivity index (χ0) is 23.8. The third-order valence-electron chi connectivity index (χ3n) is 7.28. The highest BCUT2D eigenvalue weighted by Crippen LogP contribution is 2.47. The fraction of sp³-hybridized carbons (Fsp3) is 0.920. The van der Waals surface area contributed by atoms with Gasteiger partial charge in [0.15, 0.2) is 5.92 Å². The lowest BCUT2D eigenvalue weighted by Gasteiger charge is -2.54. The Kier molecular flexibility index (Phi) is 7.59. The lowest BCUT2D eigenvalue weighted by atomic mass is 9.61. The molecule has 6 heteroatoms. The van der Waals surface area contributed by atoms with E-state index in [2.05, 4.69) is 66.0 Å². The van der Waals surface area contributed by atoms with Crippen molar-refractivity contribution in [3.63, 3.8) is 0 Å². The van der Waals surface area contributed by atoms with Gasteiger partial charge < -0.3 is 20.8 Å². The van der Waals surface area contributed by atoms with Crippen molar-refractivity contribution in [3.8, 4) is 0 Å². The molecule has 6 nitrogen and oxygen atoms in total. The summed E-state index contributed by atoms with van der Waals surface area (Å²) in [5, 5.41) is 26.1. The number of rotatable bonds is 8. The number of aliphatic carboxylic acids is 2. The maximum atomic E-state index is 11.4. The second-order valence-corrected chi connectivity index (χ2v) is 12.9. The van der Waals surface area contributed by atoms with Crippen molar-refractivity contribution in [3.05, 3.63) is 0 Å². The molecule has 0 aromatic carbocycles. The Hall–Kier alpha value is -1.14. The minimum atomic E-state index is -1.30. The topological polar surface area (TPSA) is 98.7 Å². The molecule has 0 aromatic heterocycles. The molecular weight excluding hydrogens is 392 g/mol. The molecule has 180 valence electrons. The van der Waals surface area contributed by atoms with E-state index in [0.717, 1.165) is 32.1 Å². The van der Waals surface area contributed by atoms with E-state index in [0.29, 0.717) is 24.2 Å². The van der Waals surface area contributed by atoms with Crippen LogP contribution in [0.1, 0.15) is 100 Å². The van der Waals surface area contributed by atoms with E-state index in [1.807, 2.05) is 0 Å². The minimum Gasteiger partial charge on any atom is -0.481 e. The first-order chi connectivity index (χ1) is 13.9. The molecule has 31 heavy (non-hydrogen) atoms. The normalized spacial score (nSPS) is 25.6. The van der Waals surface area contributed by atoms with Crippen LogP contribution in [0.2, 0.25) is 0 Å². The maximum Gasteiger partial charge on any atom is 0.317 e. The average Bonchev–Trinajstić information content (AvgIpc) is 2.47. The van der Waals surface area contributed by atoms with E-state index in [1.54, 1.807) is 0 Å². The number of hydrogen-bond donors (Lipinski definition) is 4. The summed E-state index contributed by atoms with van der Waals surface area (Å²) in [5.41, 5.74) is 0.196. The Morgan fingerprint density at radius 2 is 1.03 bits per heavy atom. The Bertz CT molecular complexity index is 584. The van der Waals surface area contributed by atoms with Gasteiger partial charge in [-0.3, -0.25) is 9.59 Å². The van der Waals surface area contributed by atoms with Crippen LogP contribution in [0, 0.1) is 23.7 Å². The van der Waals surface area contributed by atoms with Crippen LogP contribution < -0.4 is 10.6 Å². The lowest BCUT2D eigenvalue weighted by Crippen LogP contribution is -2.61. The molecule has 0 aliphatic carbocycles. The van der Waals surface area contributed by atoms with Gasteiger partial charge >= 0.3 is 11.9 Å². The molecule has 2 saturated heterocycles. The smallest absolute Gasteiger partial charge is 0.317 e. The SMILES string of the molecule is CC1(C)CC(C(CCCC(C(=O)O)C(=O)O)C2CC(C)(C)NC(C)(C)C2)CC(C)(C)N1. The van der Waals surface area contributed by atoms with Crippen LogP contribution in [0.5, 0.6) is 0 Å². The van der Waals surface area contributed by atoms with Crippen LogP contribution in [0.3, 0.4) is 0 Å². The van der Waals surface area contributed by atoms with E-state index in [1.165, 1.54) is 0 Å². The first-order valence-electron chi connectivity index (χ1n) is 12.0. The van der Waals surface area contributed by atoms with E-state index >= 15 is 0 Å². The maximum absolute atomic E-state index is 11.4. The van der Waals surface area contributed by atoms with E-state index in [-0.39, 0.29) is 28.6 Å². The summed E-state index contributed by atoms with van der Waals surface area (Å²) in [7, 11) is 0. The predicted molar refractivity (Wildman–Crippen MR) is 124 cm³/mol. The van der Waals surface area contributed by atoms with Crippen molar-refractivity contribution in [1.29, 1.82) is 0 Å². The zero-order valence-electron chi connectivity index (χ0n) is 21.0. The van der Waals surface area contributed by atoms with E-state index in [9.17, 15) is 19.8 Å². The summed E-state index contributed by atoms with van der Waals surface area (Å²) in [6.45, 7) is 18.2. The second-order valence-electron chi connectivity index (χ2n) is 12.9. The van der Waals surface area contributed by atoms with Crippen LogP contribution in [-0.2, 0) is 9.59 Å². The lowest BCUT2D eigenvalue weighted by molar-refractivity contribution is -0.154. The zero-order valence-corrected chi connectivity index (χ0v) is 21.0. The molecule has 2 aliphatic heterocycles. The molecule has 2 heterocycles. The van der Waals surface area contributed by atoms with Crippen molar-refractivity contribution in [2.75, 3.05) is 0 Å². The van der Waals surface area contributed by atoms with Gasteiger partial charge in [0.25, 0.3) is 0 Å². The van der Waals surface area contributed by atoms with Gasteiger partial charge in [0, 0.05) is 22.2 Å². The van der Waals surface area contributed by atoms with Gasteiger partial charge in [-0.15, -0.1) is 0 Å². The molecule has 0 radical (unpaired) electrons. The fourth-order valence-corrected chi connectivity index (χ4v) is 7.17.